The van der Waals surface area contributed by atoms with E-state index in [2.05, 4.69) is 49.4 Å². The summed E-state index contributed by atoms with van der Waals surface area (Å²) in [6.45, 7) is 17.0. The number of likely N-dealkylation sites (tertiary alicyclic amines) is 1. The van der Waals surface area contributed by atoms with E-state index in [0.29, 0.717) is 0 Å². The molecule has 3 heteroatoms. The molecule has 0 saturated carbocycles. The van der Waals surface area contributed by atoms with Crippen molar-refractivity contribution in [1.29, 1.82) is 0 Å². The van der Waals surface area contributed by atoms with Crippen molar-refractivity contribution in [2.45, 2.75) is 46.2 Å². The van der Waals surface area contributed by atoms with E-state index in [1.807, 2.05) is 0 Å². The van der Waals surface area contributed by atoms with Crippen LogP contribution in [0.5, 0.6) is 0 Å². The molecule has 0 spiro atoms. The molecule has 0 bridgehead atoms. The van der Waals surface area contributed by atoms with Gasteiger partial charge in [-0.2, -0.15) is 0 Å². The summed E-state index contributed by atoms with van der Waals surface area (Å²) in [5.41, 5.74) is 0.239. The summed E-state index contributed by atoms with van der Waals surface area (Å²) in [6, 6.07) is 0. The second-order valence-electron chi connectivity index (χ2n) is 7.35. The average molecular weight is 267 g/mol. The van der Waals surface area contributed by atoms with Crippen molar-refractivity contribution in [1.82, 2.24) is 14.7 Å². The van der Waals surface area contributed by atoms with Gasteiger partial charge >= 0.3 is 0 Å². The summed E-state index contributed by atoms with van der Waals surface area (Å²) < 4.78 is 0. The Bertz CT molecular complexity index is 272. The number of nitrogens with zero attached hydrogens (tertiary/aromatic N) is 3. The summed E-state index contributed by atoms with van der Waals surface area (Å²) in [5.74, 6) is 1.80. The smallest absolute Gasteiger partial charge is 0.0680 e. The van der Waals surface area contributed by atoms with Crippen LogP contribution in [0.2, 0.25) is 0 Å². The van der Waals surface area contributed by atoms with Crippen molar-refractivity contribution in [2.24, 2.45) is 11.8 Å². The monoisotopic (exact) mass is 267 g/mol. The molecule has 0 aromatic heterocycles. The molecular weight excluding hydrogens is 234 g/mol. The Balaban J connectivity index is 1.90. The first-order valence-electron chi connectivity index (χ1n) is 8.10. The number of hydrogen-bond acceptors (Lipinski definition) is 3. The average Bonchev–Trinajstić information content (AvgIpc) is 2.39. The highest BCUT2D eigenvalue weighted by molar-refractivity contribution is 4.88. The Morgan fingerprint density at radius 2 is 1.32 bits per heavy atom. The molecule has 0 aromatic rings. The molecule has 0 amide bonds. The minimum atomic E-state index is 0.239. The second kappa shape index (κ2) is 6.11. The first kappa shape index (κ1) is 15.3. The summed E-state index contributed by atoms with van der Waals surface area (Å²) in [5, 5.41) is 0. The van der Waals surface area contributed by atoms with Gasteiger partial charge in [-0.15, -0.1) is 0 Å². The van der Waals surface area contributed by atoms with Gasteiger partial charge in [0.25, 0.3) is 0 Å². The molecule has 2 fully saturated rings. The number of piperazine rings is 1. The Hall–Kier alpha value is -0.120. The first-order valence-corrected chi connectivity index (χ1v) is 8.10. The molecule has 2 heterocycles. The van der Waals surface area contributed by atoms with Crippen molar-refractivity contribution < 1.29 is 0 Å². The summed E-state index contributed by atoms with van der Waals surface area (Å²) in [4.78, 5) is 7.84. The highest BCUT2D eigenvalue weighted by Crippen LogP contribution is 2.30. The highest BCUT2D eigenvalue weighted by atomic mass is 15.4. The number of rotatable bonds is 3. The lowest BCUT2D eigenvalue weighted by Crippen LogP contribution is -2.62. The Morgan fingerprint density at radius 3 is 1.79 bits per heavy atom. The third-order valence-electron chi connectivity index (χ3n) is 5.53. The minimum absolute atomic E-state index is 0.239. The second-order valence-corrected chi connectivity index (χ2v) is 7.35. The SMILES string of the molecule is CC(C)C1CCN(C(C)(C)N2CCN(C)CC2)CC1. The van der Waals surface area contributed by atoms with Gasteiger partial charge in [0.05, 0.1) is 5.66 Å². The molecular formula is C16H33N3. The predicted octanol–water partition coefficient (Wildman–Crippen LogP) is 2.34. The maximum atomic E-state index is 2.72. The molecule has 19 heavy (non-hydrogen) atoms. The molecule has 0 N–H and O–H groups in total. The fraction of sp³-hybridized carbons (Fsp3) is 1.00. The van der Waals surface area contributed by atoms with Crippen LogP contribution in [0, 0.1) is 11.8 Å². The van der Waals surface area contributed by atoms with E-state index in [4.69, 9.17) is 0 Å². The lowest BCUT2D eigenvalue weighted by Gasteiger charge is -2.51. The molecule has 0 atom stereocenters. The molecule has 112 valence electrons. The minimum Gasteiger partial charge on any atom is -0.304 e. The molecule has 2 saturated heterocycles. The maximum Gasteiger partial charge on any atom is 0.0680 e. The fourth-order valence-electron chi connectivity index (χ4n) is 3.67. The van der Waals surface area contributed by atoms with E-state index >= 15 is 0 Å². The summed E-state index contributed by atoms with van der Waals surface area (Å²) in [7, 11) is 2.23. The first-order chi connectivity index (χ1) is 8.91. The van der Waals surface area contributed by atoms with Crippen LogP contribution in [0.25, 0.3) is 0 Å². The van der Waals surface area contributed by atoms with Crippen LogP contribution in [-0.4, -0.2) is 66.7 Å². The molecule has 0 aromatic carbocycles. The van der Waals surface area contributed by atoms with Gasteiger partial charge in [-0.1, -0.05) is 13.8 Å². The van der Waals surface area contributed by atoms with E-state index in [1.165, 1.54) is 52.1 Å². The zero-order chi connectivity index (χ0) is 14.0. The number of piperidine rings is 1. The van der Waals surface area contributed by atoms with Gasteiger partial charge in [0.1, 0.15) is 0 Å². The van der Waals surface area contributed by atoms with Gasteiger partial charge < -0.3 is 4.90 Å². The van der Waals surface area contributed by atoms with Gasteiger partial charge in [0.15, 0.2) is 0 Å². The Kier molecular flexibility index (Phi) is 4.91. The highest BCUT2D eigenvalue weighted by Gasteiger charge is 2.36. The van der Waals surface area contributed by atoms with E-state index in [9.17, 15) is 0 Å². The molecule has 2 rings (SSSR count). The van der Waals surface area contributed by atoms with Crippen LogP contribution in [0.3, 0.4) is 0 Å². The standard InChI is InChI=1S/C16H33N3/c1-14(2)15-6-8-18(9-7-15)16(3,4)19-12-10-17(5)11-13-19/h14-15H,6-13H2,1-5H3. The van der Waals surface area contributed by atoms with Crippen molar-refractivity contribution in [3.63, 3.8) is 0 Å². The predicted molar refractivity (Wildman–Crippen MR) is 82.3 cm³/mol. The van der Waals surface area contributed by atoms with Crippen LogP contribution in [0.15, 0.2) is 0 Å². The van der Waals surface area contributed by atoms with Gasteiger partial charge in [-0.05, 0) is 45.6 Å². The Labute approximate surface area is 119 Å². The zero-order valence-electron chi connectivity index (χ0n) is 13.7. The van der Waals surface area contributed by atoms with Crippen molar-refractivity contribution in [3.8, 4) is 0 Å². The number of likely N-dealkylation sites (N-methyl/N-ethyl adjacent to an activating group) is 1. The van der Waals surface area contributed by atoms with Gasteiger partial charge in [-0.25, -0.2) is 0 Å². The van der Waals surface area contributed by atoms with Crippen LogP contribution >= 0.6 is 0 Å². The quantitative estimate of drug-likeness (QED) is 0.777. The summed E-state index contributed by atoms with van der Waals surface area (Å²) in [6.07, 6.45) is 2.77. The largest absolute Gasteiger partial charge is 0.304 e. The maximum absolute atomic E-state index is 2.72. The molecule has 2 aliphatic heterocycles. The lowest BCUT2D eigenvalue weighted by molar-refractivity contribution is -0.0687. The van der Waals surface area contributed by atoms with E-state index in [-0.39, 0.29) is 5.66 Å². The third kappa shape index (κ3) is 3.50. The number of hydrogen-bond donors (Lipinski definition) is 0. The van der Waals surface area contributed by atoms with Gasteiger partial charge in [0.2, 0.25) is 0 Å². The van der Waals surface area contributed by atoms with Crippen LogP contribution in [-0.2, 0) is 0 Å². The van der Waals surface area contributed by atoms with Gasteiger partial charge in [0, 0.05) is 39.3 Å². The van der Waals surface area contributed by atoms with Crippen LogP contribution in [0.1, 0.15) is 40.5 Å². The van der Waals surface area contributed by atoms with Crippen molar-refractivity contribution >= 4 is 0 Å². The van der Waals surface area contributed by atoms with Gasteiger partial charge in [-0.3, -0.25) is 9.80 Å². The Morgan fingerprint density at radius 1 is 0.842 bits per heavy atom. The third-order valence-corrected chi connectivity index (χ3v) is 5.53. The molecule has 3 nitrogen and oxygen atoms in total. The van der Waals surface area contributed by atoms with E-state index < -0.39 is 0 Å². The molecule has 2 aliphatic rings. The fourth-order valence-corrected chi connectivity index (χ4v) is 3.67. The van der Waals surface area contributed by atoms with Crippen molar-refractivity contribution in [3.05, 3.63) is 0 Å². The normalized spacial score (nSPS) is 26.2. The topological polar surface area (TPSA) is 9.72 Å². The van der Waals surface area contributed by atoms with Crippen LogP contribution < -0.4 is 0 Å². The molecule has 0 aliphatic carbocycles. The molecule has 0 unspecified atom stereocenters. The lowest BCUT2D eigenvalue weighted by atomic mass is 9.86. The van der Waals surface area contributed by atoms with Crippen molar-refractivity contribution in [2.75, 3.05) is 46.3 Å². The van der Waals surface area contributed by atoms with E-state index in [1.54, 1.807) is 0 Å². The molecule has 0 radical (unpaired) electrons. The zero-order valence-corrected chi connectivity index (χ0v) is 13.7. The van der Waals surface area contributed by atoms with Crippen LogP contribution in [0.4, 0.5) is 0 Å². The summed E-state index contributed by atoms with van der Waals surface area (Å²) >= 11 is 0. The van der Waals surface area contributed by atoms with E-state index in [0.717, 1.165) is 11.8 Å².